The topological polar surface area (TPSA) is 17.1 Å². The number of carbonyl (C=O) groups is 1. The highest BCUT2D eigenvalue weighted by molar-refractivity contribution is 9.11. The van der Waals surface area contributed by atoms with Crippen molar-refractivity contribution in [3.63, 3.8) is 0 Å². The lowest BCUT2D eigenvalue weighted by Crippen LogP contribution is -2.03. The van der Waals surface area contributed by atoms with Crippen molar-refractivity contribution >= 4 is 37.6 Å². The Labute approximate surface area is 119 Å². The molecule has 0 unspecified atom stereocenters. The van der Waals surface area contributed by atoms with Crippen LogP contribution < -0.4 is 0 Å². The van der Waals surface area contributed by atoms with Crippen molar-refractivity contribution in [2.45, 2.75) is 0 Å². The normalized spacial score (nSPS) is 10.4. The molecule has 0 radical (unpaired) electrons. The van der Waals surface area contributed by atoms with Crippen LogP contribution in [0, 0.1) is 11.6 Å². The largest absolute Gasteiger partial charge is 0.289 e. The third kappa shape index (κ3) is 2.67. The van der Waals surface area contributed by atoms with E-state index in [0.29, 0.717) is 10.0 Å². The summed E-state index contributed by atoms with van der Waals surface area (Å²) in [7, 11) is 0. The molecule has 0 aliphatic carbocycles. The number of halogens is 4. The lowest BCUT2D eigenvalue weighted by molar-refractivity contribution is 0.103. The Morgan fingerprint density at radius 1 is 0.944 bits per heavy atom. The van der Waals surface area contributed by atoms with Gasteiger partial charge in [0.1, 0.15) is 0 Å². The van der Waals surface area contributed by atoms with Crippen LogP contribution in [0.3, 0.4) is 0 Å². The molecule has 5 heteroatoms. The van der Waals surface area contributed by atoms with Crippen LogP contribution in [-0.4, -0.2) is 5.78 Å². The van der Waals surface area contributed by atoms with Crippen LogP contribution in [0.5, 0.6) is 0 Å². The highest BCUT2D eigenvalue weighted by Crippen LogP contribution is 2.24. The summed E-state index contributed by atoms with van der Waals surface area (Å²) in [5.74, 6) is -2.38. The summed E-state index contributed by atoms with van der Waals surface area (Å²) in [6.45, 7) is 0. The van der Waals surface area contributed by atoms with E-state index in [9.17, 15) is 13.6 Å². The second-order valence-electron chi connectivity index (χ2n) is 3.58. The van der Waals surface area contributed by atoms with Crippen molar-refractivity contribution in [3.05, 3.63) is 68.1 Å². The molecule has 0 bridgehead atoms. The minimum Gasteiger partial charge on any atom is -0.289 e. The summed E-state index contributed by atoms with van der Waals surface area (Å²) in [4.78, 5) is 12.1. The van der Waals surface area contributed by atoms with Gasteiger partial charge in [-0.25, -0.2) is 8.78 Å². The first kappa shape index (κ1) is 13.4. The zero-order valence-electron chi connectivity index (χ0n) is 8.88. The third-order valence-corrected chi connectivity index (χ3v) is 3.54. The van der Waals surface area contributed by atoms with Gasteiger partial charge in [-0.2, -0.15) is 0 Å². The van der Waals surface area contributed by atoms with Crippen molar-refractivity contribution in [3.8, 4) is 0 Å². The Morgan fingerprint density at radius 3 is 2.33 bits per heavy atom. The summed E-state index contributed by atoms with van der Waals surface area (Å²) in [6, 6.07) is 8.19. The molecule has 0 N–H and O–H groups in total. The van der Waals surface area contributed by atoms with Gasteiger partial charge in [0.25, 0.3) is 0 Å². The fourth-order valence-electron chi connectivity index (χ4n) is 1.46. The number of benzene rings is 2. The minimum atomic E-state index is -1.04. The fraction of sp³-hybridized carbons (Fsp3) is 0. The number of rotatable bonds is 2. The maximum absolute atomic E-state index is 13.1. The van der Waals surface area contributed by atoms with E-state index in [1.54, 1.807) is 18.2 Å². The van der Waals surface area contributed by atoms with E-state index in [0.717, 1.165) is 16.6 Å². The molecule has 0 spiro atoms. The highest BCUT2D eigenvalue weighted by Gasteiger charge is 2.15. The van der Waals surface area contributed by atoms with Crippen LogP contribution in [0.2, 0.25) is 0 Å². The number of carbonyl (C=O) groups excluding carboxylic acids is 1. The van der Waals surface area contributed by atoms with E-state index >= 15 is 0 Å². The van der Waals surface area contributed by atoms with Crippen molar-refractivity contribution in [2.24, 2.45) is 0 Å². The smallest absolute Gasteiger partial charge is 0.194 e. The van der Waals surface area contributed by atoms with Crippen molar-refractivity contribution < 1.29 is 13.6 Å². The Balaban J connectivity index is 2.47. The van der Waals surface area contributed by atoms with Crippen LogP contribution in [0.15, 0.2) is 45.3 Å². The van der Waals surface area contributed by atoms with Gasteiger partial charge < -0.3 is 0 Å². The average Bonchev–Trinajstić information content (AvgIpc) is 2.35. The van der Waals surface area contributed by atoms with Gasteiger partial charge in [0.15, 0.2) is 17.4 Å². The molecule has 0 aliphatic heterocycles. The second kappa shape index (κ2) is 5.28. The zero-order chi connectivity index (χ0) is 13.3. The Hall–Kier alpha value is -1.07. The summed E-state index contributed by atoms with van der Waals surface area (Å²) in [6.07, 6.45) is 0. The molecule has 2 aromatic rings. The summed E-state index contributed by atoms with van der Waals surface area (Å²) in [5.41, 5.74) is 0.489. The molecule has 0 fully saturated rings. The molecule has 0 aliphatic rings. The maximum Gasteiger partial charge on any atom is 0.194 e. The first-order valence-corrected chi connectivity index (χ1v) is 6.52. The summed E-state index contributed by atoms with van der Waals surface area (Å²) in [5, 5.41) is 0. The van der Waals surface area contributed by atoms with E-state index in [4.69, 9.17) is 0 Å². The van der Waals surface area contributed by atoms with Crippen LogP contribution in [0.4, 0.5) is 8.78 Å². The standard InChI is InChI=1S/C13H6Br2F2O/c14-8-2-3-10(15)9(6-8)13(18)7-1-4-11(16)12(17)5-7/h1-6H. The van der Waals surface area contributed by atoms with E-state index in [-0.39, 0.29) is 11.3 Å². The molecule has 18 heavy (non-hydrogen) atoms. The number of hydrogen-bond donors (Lipinski definition) is 0. The van der Waals surface area contributed by atoms with Crippen molar-refractivity contribution in [1.82, 2.24) is 0 Å². The molecule has 1 nitrogen and oxygen atoms in total. The van der Waals surface area contributed by atoms with E-state index in [2.05, 4.69) is 31.9 Å². The molecule has 0 aromatic heterocycles. The van der Waals surface area contributed by atoms with Crippen LogP contribution in [0.25, 0.3) is 0 Å². The monoisotopic (exact) mass is 374 g/mol. The van der Waals surface area contributed by atoms with E-state index in [1.807, 2.05) is 0 Å². The van der Waals surface area contributed by atoms with Gasteiger partial charge >= 0.3 is 0 Å². The lowest BCUT2D eigenvalue weighted by atomic mass is 10.0. The predicted molar refractivity (Wildman–Crippen MR) is 71.6 cm³/mol. The zero-order valence-corrected chi connectivity index (χ0v) is 12.1. The van der Waals surface area contributed by atoms with Crippen LogP contribution in [0.1, 0.15) is 15.9 Å². The van der Waals surface area contributed by atoms with Crippen LogP contribution in [-0.2, 0) is 0 Å². The van der Waals surface area contributed by atoms with Gasteiger partial charge in [0.2, 0.25) is 0 Å². The molecule has 0 heterocycles. The van der Waals surface area contributed by atoms with Crippen molar-refractivity contribution in [1.29, 1.82) is 0 Å². The molecule has 0 amide bonds. The van der Waals surface area contributed by atoms with Gasteiger partial charge in [-0.05, 0) is 36.4 Å². The minimum absolute atomic E-state index is 0.104. The molecule has 92 valence electrons. The van der Waals surface area contributed by atoms with E-state index in [1.165, 1.54) is 6.07 Å². The lowest BCUT2D eigenvalue weighted by Gasteiger charge is -2.05. The molecule has 2 rings (SSSR count). The molecule has 0 saturated heterocycles. The van der Waals surface area contributed by atoms with Gasteiger partial charge in [-0.3, -0.25) is 4.79 Å². The number of hydrogen-bond acceptors (Lipinski definition) is 1. The summed E-state index contributed by atoms with van der Waals surface area (Å²) < 4.78 is 27.2. The van der Waals surface area contributed by atoms with Gasteiger partial charge in [0.05, 0.1) is 0 Å². The maximum atomic E-state index is 13.1. The first-order chi connectivity index (χ1) is 8.49. The SMILES string of the molecule is O=C(c1ccc(F)c(F)c1)c1cc(Br)ccc1Br. The first-order valence-electron chi connectivity index (χ1n) is 4.94. The second-order valence-corrected chi connectivity index (χ2v) is 5.35. The molecular formula is C13H6Br2F2O. The molecular weight excluding hydrogens is 370 g/mol. The fourth-order valence-corrected chi connectivity index (χ4v) is 2.25. The predicted octanol–water partition coefficient (Wildman–Crippen LogP) is 4.72. The molecule has 2 aromatic carbocycles. The van der Waals surface area contributed by atoms with Gasteiger partial charge in [-0.15, -0.1) is 0 Å². The highest BCUT2D eigenvalue weighted by atomic mass is 79.9. The van der Waals surface area contributed by atoms with Gasteiger partial charge in [0, 0.05) is 20.1 Å². The number of ketones is 1. The third-order valence-electron chi connectivity index (χ3n) is 2.35. The Bertz CT molecular complexity index is 626. The quantitative estimate of drug-likeness (QED) is 0.694. The van der Waals surface area contributed by atoms with Gasteiger partial charge in [-0.1, -0.05) is 31.9 Å². The average molecular weight is 376 g/mol. The van der Waals surface area contributed by atoms with Crippen molar-refractivity contribution in [2.75, 3.05) is 0 Å². The van der Waals surface area contributed by atoms with E-state index < -0.39 is 11.6 Å². The molecule has 0 atom stereocenters. The summed E-state index contributed by atoms with van der Waals surface area (Å²) >= 11 is 6.51. The molecule has 0 saturated carbocycles. The van der Waals surface area contributed by atoms with Crippen LogP contribution >= 0.6 is 31.9 Å². The Kier molecular flexibility index (Phi) is 3.92. The Morgan fingerprint density at radius 2 is 1.67 bits per heavy atom.